The van der Waals surface area contributed by atoms with Gasteiger partial charge in [-0.3, -0.25) is 4.79 Å². The highest BCUT2D eigenvalue weighted by Crippen LogP contribution is 2.38. The maximum Gasteiger partial charge on any atom is 0.333 e. The highest BCUT2D eigenvalue weighted by atomic mass is 16.5. The summed E-state index contributed by atoms with van der Waals surface area (Å²) >= 11 is 0. The van der Waals surface area contributed by atoms with Gasteiger partial charge in [-0.15, -0.1) is 0 Å². The first-order chi connectivity index (χ1) is 26.7. The van der Waals surface area contributed by atoms with Gasteiger partial charge in [0, 0.05) is 48.3 Å². The quantitative estimate of drug-likeness (QED) is 0.100. The molecule has 0 spiro atoms. The average Bonchev–Trinajstić information content (AvgIpc) is 3.47. The zero-order chi connectivity index (χ0) is 39.2. The third-order valence-corrected chi connectivity index (χ3v) is 8.62. The zero-order valence-corrected chi connectivity index (χ0v) is 31.0. The van der Waals surface area contributed by atoms with Gasteiger partial charge in [-0.05, 0) is 109 Å². The van der Waals surface area contributed by atoms with Gasteiger partial charge in [0.05, 0.1) is 0 Å². The first-order valence-electron chi connectivity index (χ1n) is 18.0. The Morgan fingerprint density at radius 3 is 1.91 bits per heavy atom. The van der Waals surface area contributed by atoms with Gasteiger partial charge >= 0.3 is 11.9 Å². The highest BCUT2D eigenvalue weighted by molar-refractivity contribution is 6.23. The summed E-state index contributed by atoms with van der Waals surface area (Å²) in [4.78, 5) is 36.3. The molecule has 55 heavy (non-hydrogen) atoms. The number of benzene rings is 4. The molecule has 280 valence electrons. The van der Waals surface area contributed by atoms with E-state index in [1.54, 1.807) is 50.3 Å². The topological polar surface area (TPSA) is 129 Å². The molecule has 0 saturated carbocycles. The van der Waals surface area contributed by atoms with Crippen molar-refractivity contribution in [1.29, 1.82) is 0 Å². The molecule has 0 amide bonds. The van der Waals surface area contributed by atoms with Crippen molar-refractivity contribution < 1.29 is 43.5 Å². The lowest BCUT2D eigenvalue weighted by molar-refractivity contribution is -0.150. The minimum absolute atomic E-state index is 0.0887. The Balaban J connectivity index is 1.14. The number of hydrogen-bond donors (Lipinski definition) is 2. The van der Waals surface area contributed by atoms with E-state index < -0.39 is 24.1 Å². The van der Waals surface area contributed by atoms with Crippen molar-refractivity contribution in [2.75, 3.05) is 26.4 Å². The molecule has 4 aromatic carbocycles. The molecule has 5 rings (SSSR count). The summed E-state index contributed by atoms with van der Waals surface area (Å²) in [7, 11) is 0. The van der Waals surface area contributed by atoms with E-state index in [4.69, 9.17) is 18.9 Å². The molecule has 1 aliphatic rings. The maximum absolute atomic E-state index is 13.6. The molecule has 0 heterocycles. The molecule has 2 unspecified atom stereocenters. The Hall–Kier alpha value is -6.39. The van der Waals surface area contributed by atoms with E-state index >= 15 is 0 Å². The normalized spacial score (nSPS) is 12.8. The highest BCUT2D eigenvalue weighted by Gasteiger charge is 2.29. The Bertz CT molecular complexity index is 2190. The van der Waals surface area contributed by atoms with E-state index in [0.29, 0.717) is 60.2 Å². The summed E-state index contributed by atoms with van der Waals surface area (Å²) < 4.78 is 22.2. The largest absolute Gasteiger partial charge is 0.490 e. The summed E-state index contributed by atoms with van der Waals surface area (Å²) in [6.45, 7) is 6.67. The van der Waals surface area contributed by atoms with Gasteiger partial charge in [0.1, 0.15) is 24.7 Å². The lowest BCUT2D eigenvalue weighted by Crippen LogP contribution is -2.26. The van der Waals surface area contributed by atoms with Gasteiger partial charge in [-0.2, -0.15) is 0 Å². The van der Waals surface area contributed by atoms with Crippen LogP contribution < -0.4 is 9.47 Å². The number of carboxylic acid groups (broad SMARTS) is 2. The Morgan fingerprint density at radius 1 is 0.727 bits per heavy atom. The number of carboxylic acids is 2. The van der Waals surface area contributed by atoms with Crippen molar-refractivity contribution in [3.05, 3.63) is 142 Å². The van der Waals surface area contributed by atoms with Crippen LogP contribution in [0.25, 0.3) is 11.1 Å². The number of hydrogen-bond acceptors (Lipinski definition) is 7. The molecular weight excluding hydrogens is 696 g/mol. The lowest BCUT2D eigenvalue weighted by atomic mass is 10.0. The number of ketones is 1. The number of allylic oxidation sites excluding steroid dienone is 2. The first-order valence-corrected chi connectivity index (χ1v) is 18.0. The second-order valence-electron chi connectivity index (χ2n) is 12.5. The minimum Gasteiger partial charge on any atom is -0.490 e. The summed E-state index contributed by atoms with van der Waals surface area (Å²) in [5, 5.41) is 18.6. The van der Waals surface area contributed by atoms with Crippen molar-refractivity contribution >= 4 is 17.7 Å². The van der Waals surface area contributed by atoms with Crippen LogP contribution in [0.5, 0.6) is 11.5 Å². The molecule has 0 radical (unpaired) electrons. The number of carbonyl (C=O) groups excluding carboxylic acids is 1. The van der Waals surface area contributed by atoms with Crippen molar-refractivity contribution in [2.24, 2.45) is 0 Å². The van der Waals surface area contributed by atoms with Crippen molar-refractivity contribution in [3.63, 3.8) is 0 Å². The van der Waals surface area contributed by atoms with E-state index in [1.165, 1.54) is 0 Å². The van der Waals surface area contributed by atoms with Crippen LogP contribution in [-0.4, -0.2) is 66.6 Å². The van der Waals surface area contributed by atoms with Crippen LogP contribution in [0.4, 0.5) is 0 Å². The molecule has 0 fully saturated rings. The molecule has 0 aromatic heterocycles. The van der Waals surface area contributed by atoms with E-state index in [0.717, 1.165) is 27.8 Å². The van der Waals surface area contributed by atoms with Crippen LogP contribution in [0, 0.1) is 23.7 Å². The third kappa shape index (κ3) is 11.1. The lowest BCUT2D eigenvalue weighted by Gasteiger charge is -2.12. The third-order valence-electron chi connectivity index (χ3n) is 8.62. The number of fused-ring (bicyclic) bond motifs is 3. The molecule has 9 heteroatoms. The summed E-state index contributed by atoms with van der Waals surface area (Å²) in [5.74, 6) is 11.6. The minimum atomic E-state index is -0.988. The molecule has 1 aliphatic carbocycles. The Kier molecular flexibility index (Phi) is 14.2. The van der Waals surface area contributed by atoms with Crippen LogP contribution in [0.2, 0.25) is 0 Å². The van der Waals surface area contributed by atoms with Crippen molar-refractivity contribution in [1.82, 2.24) is 0 Å². The molecule has 0 aliphatic heterocycles. The summed E-state index contributed by atoms with van der Waals surface area (Å²) in [5.41, 5.74) is 6.69. The fourth-order valence-corrected chi connectivity index (χ4v) is 5.87. The average molecular weight is 739 g/mol. The van der Waals surface area contributed by atoms with Crippen molar-refractivity contribution in [3.8, 4) is 46.3 Å². The Labute approximate surface area is 321 Å². The number of ether oxygens (including phenoxy) is 4. The van der Waals surface area contributed by atoms with Gasteiger partial charge in [-0.1, -0.05) is 66.1 Å². The van der Waals surface area contributed by atoms with Crippen molar-refractivity contribution in [2.45, 2.75) is 45.8 Å². The number of aliphatic carboxylic acids is 2. The van der Waals surface area contributed by atoms with Gasteiger partial charge in [0.15, 0.2) is 18.0 Å². The molecule has 2 N–H and O–H groups in total. The molecule has 0 bridgehead atoms. The SMILES string of the molecule is CCOC(Cc1ccc(OCC=CC#Cc2ccc3c(c2)C(=O)c2c(C#CC(C)=CCOc4ccc(CC(OCC)C(=O)O)cc4)cccc2-3)cc1)C(=O)O. The summed E-state index contributed by atoms with van der Waals surface area (Å²) in [6, 6.07) is 25.8. The fourth-order valence-electron chi connectivity index (χ4n) is 5.87. The fraction of sp³-hybridized carbons (Fsp3) is 0.239. The molecular formula is C46H42O9. The van der Waals surface area contributed by atoms with Crippen LogP contribution in [0.3, 0.4) is 0 Å². The monoisotopic (exact) mass is 738 g/mol. The number of rotatable bonds is 16. The van der Waals surface area contributed by atoms with Gasteiger partial charge in [-0.25, -0.2) is 9.59 Å². The van der Waals surface area contributed by atoms with Crippen LogP contribution in [-0.2, 0) is 31.9 Å². The smallest absolute Gasteiger partial charge is 0.333 e. The first kappa shape index (κ1) is 39.8. The molecule has 4 aromatic rings. The van der Waals surface area contributed by atoms with Crippen LogP contribution >= 0.6 is 0 Å². The molecule has 0 saturated heterocycles. The van der Waals surface area contributed by atoms with Gasteiger partial charge in [0.25, 0.3) is 0 Å². The second kappa shape index (κ2) is 19.6. The van der Waals surface area contributed by atoms with E-state index in [2.05, 4.69) is 23.7 Å². The Morgan fingerprint density at radius 2 is 1.33 bits per heavy atom. The molecule has 9 nitrogen and oxygen atoms in total. The standard InChI is InChI=1S/C46H42O9/c1-4-52-41(45(48)49)29-33-14-20-36(21-15-33)54-26-8-6-7-10-32-18-24-38-39-12-9-11-35(43(39)44(47)40(38)28-32)19-13-31(3)25-27-55-37-22-16-34(17-23-37)30-42(46(50)51)53-5-2/h6,8-9,11-12,14-18,20-25,28,41-42H,4-5,26-27,29-30H2,1-3H3,(H,48,49)(H,50,51). The second-order valence-corrected chi connectivity index (χ2v) is 12.5. The van der Waals surface area contributed by atoms with Crippen LogP contribution in [0.1, 0.15) is 58.9 Å². The van der Waals surface area contributed by atoms with E-state index in [9.17, 15) is 24.6 Å². The summed E-state index contributed by atoms with van der Waals surface area (Å²) in [6.07, 6.45) is 4.14. The van der Waals surface area contributed by atoms with Gasteiger partial charge < -0.3 is 29.2 Å². The maximum atomic E-state index is 13.6. The van der Waals surface area contributed by atoms with E-state index in [1.807, 2.05) is 73.7 Å². The van der Waals surface area contributed by atoms with Crippen LogP contribution in [0.15, 0.2) is 109 Å². The number of carbonyl (C=O) groups is 3. The van der Waals surface area contributed by atoms with Gasteiger partial charge in [0.2, 0.25) is 0 Å². The predicted octanol–water partition coefficient (Wildman–Crippen LogP) is 7.33. The van der Waals surface area contributed by atoms with E-state index in [-0.39, 0.29) is 18.6 Å². The predicted molar refractivity (Wildman–Crippen MR) is 209 cm³/mol. The zero-order valence-electron chi connectivity index (χ0n) is 31.0. The molecule has 2 atom stereocenters.